The molecule has 0 saturated carbocycles. The van der Waals surface area contributed by atoms with Crippen LogP contribution < -0.4 is 14.8 Å². The molecule has 8 nitrogen and oxygen atoms in total. The standard InChI is InChI=1S/C31H27NO7/c1-16-27(35)25(18(3)33)29-26(28(16)36)31(4)23(39-29)14-22(34)24(30(31)37)17(2)32-15-19-9-8-12-21(13-19)38-20-10-6-5-7-11-20/h5-14,32,35-36H,15H2,1-4H3/b24-17+/t31-/m1/s1. The average Bonchev–Trinajstić information content (AvgIpc) is 3.19. The number of Topliss-reactive ketones (excluding diaryl/α,β-unsaturated/α-hetero) is 2. The van der Waals surface area contributed by atoms with E-state index in [1.54, 1.807) is 6.92 Å². The number of ketones is 3. The van der Waals surface area contributed by atoms with Crippen LogP contribution in [0.5, 0.6) is 28.7 Å². The van der Waals surface area contributed by atoms with Gasteiger partial charge in [-0.3, -0.25) is 14.4 Å². The van der Waals surface area contributed by atoms with E-state index in [0.29, 0.717) is 23.7 Å². The lowest BCUT2D eigenvalue weighted by molar-refractivity contribution is -0.123. The summed E-state index contributed by atoms with van der Waals surface area (Å²) in [4.78, 5) is 39.4. The van der Waals surface area contributed by atoms with Crippen molar-refractivity contribution in [2.24, 2.45) is 0 Å². The predicted octanol–water partition coefficient (Wildman–Crippen LogP) is 5.15. The van der Waals surface area contributed by atoms with Crippen molar-refractivity contribution in [2.75, 3.05) is 0 Å². The maximum Gasteiger partial charge on any atom is 0.194 e. The zero-order chi connectivity index (χ0) is 28.1. The van der Waals surface area contributed by atoms with E-state index in [9.17, 15) is 24.6 Å². The molecule has 0 spiro atoms. The van der Waals surface area contributed by atoms with E-state index in [1.807, 2.05) is 54.6 Å². The highest BCUT2D eigenvalue weighted by molar-refractivity contribution is 6.31. The highest BCUT2D eigenvalue weighted by Gasteiger charge is 2.56. The Morgan fingerprint density at radius 1 is 1.00 bits per heavy atom. The molecule has 1 aliphatic carbocycles. The first kappa shape index (κ1) is 25.8. The van der Waals surface area contributed by atoms with Crippen LogP contribution in [0.1, 0.15) is 47.8 Å². The first-order valence-corrected chi connectivity index (χ1v) is 12.4. The molecule has 1 heterocycles. The van der Waals surface area contributed by atoms with Gasteiger partial charge in [0.2, 0.25) is 0 Å². The van der Waals surface area contributed by atoms with E-state index in [0.717, 1.165) is 5.56 Å². The van der Waals surface area contributed by atoms with Gasteiger partial charge in [0.1, 0.15) is 45.5 Å². The van der Waals surface area contributed by atoms with Crippen molar-refractivity contribution < 1.29 is 34.1 Å². The number of carbonyl (C=O) groups excluding carboxylic acids is 3. The van der Waals surface area contributed by atoms with Crippen molar-refractivity contribution in [1.29, 1.82) is 0 Å². The topological polar surface area (TPSA) is 122 Å². The van der Waals surface area contributed by atoms with Gasteiger partial charge in [-0.05, 0) is 57.5 Å². The van der Waals surface area contributed by atoms with Gasteiger partial charge in [0.05, 0.1) is 11.1 Å². The normalized spacial score (nSPS) is 19.0. The second-order valence-corrected chi connectivity index (χ2v) is 9.80. The number of carbonyl (C=O) groups is 3. The summed E-state index contributed by atoms with van der Waals surface area (Å²) in [7, 11) is 0. The SMILES string of the molecule is CC(=O)c1c(O)c(C)c(O)c2c1OC1=CC(=O)/C(=C(/C)NCc3cccc(Oc4ccccc4)c3)C(=O)[C@]12C. The summed E-state index contributed by atoms with van der Waals surface area (Å²) in [6.07, 6.45) is 1.20. The van der Waals surface area contributed by atoms with Gasteiger partial charge in [0.15, 0.2) is 17.3 Å². The Hall–Kier alpha value is -4.85. The number of phenols is 2. The maximum absolute atomic E-state index is 13.9. The summed E-state index contributed by atoms with van der Waals surface area (Å²) >= 11 is 0. The molecule has 0 fully saturated rings. The first-order chi connectivity index (χ1) is 18.5. The van der Waals surface area contributed by atoms with Crippen LogP contribution >= 0.6 is 0 Å². The van der Waals surface area contributed by atoms with Gasteiger partial charge in [-0.25, -0.2) is 0 Å². The third-order valence-electron chi connectivity index (χ3n) is 7.19. The highest BCUT2D eigenvalue weighted by atomic mass is 16.5. The van der Waals surface area contributed by atoms with E-state index in [1.165, 1.54) is 26.8 Å². The lowest BCUT2D eigenvalue weighted by Crippen LogP contribution is -2.41. The lowest BCUT2D eigenvalue weighted by atomic mass is 9.70. The summed E-state index contributed by atoms with van der Waals surface area (Å²) in [6, 6.07) is 16.8. The summed E-state index contributed by atoms with van der Waals surface area (Å²) in [6.45, 7) is 6.18. The first-order valence-electron chi connectivity index (χ1n) is 12.4. The maximum atomic E-state index is 13.9. The molecule has 2 aliphatic rings. The van der Waals surface area contributed by atoms with E-state index in [4.69, 9.17) is 9.47 Å². The van der Waals surface area contributed by atoms with Gasteiger partial charge < -0.3 is 25.0 Å². The molecule has 0 radical (unpaired) electrons. The van der Waals surface area contributed by atoms with E-state index < -0.39 is 28.5 Å². The van der Waals surface area contributed by atoms with Gasteiger partial charge in [-0.2, -0.15) is 0 Å². The number of phenolic OH excluding ortho intramolecular Hbond substituents is 2. The summed E-state index contributed by atoms with van der Waals surface area (Å²) < 4.78 is 11.7. The van der Waals surface area contributed by atoms with Gasteiger partial charge in [-0.15, -0.1) is 0 Å². The van der Waals surface area contributed by atoms with Crippen molar-refractivity contribution in [2.45, 2.75) is 39.7 Å². The third-order valence-corrected chi connectivity index (χ3v) is 7.19. The largest absolute Gasteiger partial charge is 0.507 e. The van der Waals surface area contributed by atoms with Gasteiger partial charge in [0.25, 0.3) is 0 Å². The van der Waals surface area contributed by atoms with Crippen molar-refractivity contribution in [1.82, 2.24) is 5.32 Å². The molecule has 0 amide bonds. The number of ether oxygens (including phenoxy) is 2. The van der Waals surface area contributed by atoms with E-state index in [-0.39, 0.29) is 39.5 Å². The van der Waals surface area contributed by atoms with Crippen LogP contribution in [0.25, 0.3) is 0 Å². The molecule has 5 rings (SSSR count). The predicted molar refractivity (Wildman–Crippen MR) is 143 cm³/mol. The number of rotatable bonds is 6. The molecule has 0 saturated heterocycles. The number of aromatic hydroxyl groups is 2. The Labute approximate surface area is 225 Å². The minimum atomic E-state index is -1.56. The molecular weight excluding hydrogens is 498 g/mol. The lowest BCUT2D eigenvalue weighted by Gasteiger charge is -2.29. The minimum absolute atomic E-state index is 0.00221. The quantitative estimate of drug-likeness (QED) is 0.229. The highest BCUT2D eigenvalue weighted by Crippen LogP contribution is 2.57. The summed E-state index contributed by atoms with van der Waals surface area (Å²) in [5, 5.41) is 24.6. The summed E-state index contributed by atoms with van der Waals surface area (Å²) in [5.74, 6) is -1.19. The van der Waals surface area contributed by atoms with Gasteiger partial charge >= 0.3 is 0 Å². The second kappa shape index (κ2) is 9.47. The van der Waals surface area contributed by atoms with Gasteiger partial charge in [-0.1, -0.05) is 30.3 Å². The zero-order valence-corrected chi connectivity index (χ0v) is 21.9. The van der Waals surface area contributed by atoms with Gasteiger partial charge in [0, 0.05) is 23.9 Å². The fourth-order valence-electron chi connectivity index (χ4n) is 5.03. The van der Waals surface area contributed by atoms with Crippen LogP contribution in [0.3, 0.4) is 0 Å². The molecular formula is C31H27NO7. The molecule has 39 heavy (non-hydrogen) atoms. The van der Waals surface area contributed by atoms with Crippen molar-refractivity contribution in [3.8, 4) is 28.7 Å². The minimum Gasteiger partial charge on any atom is -0.507 e. The Balaban J connectivity index is 1.47. The molecule has 1 atom stereocenters. The van der Waals surface area contributed by atoms with Crippen LogP contribution in [0.4, 0.5) is 0 Å². The molecule has 3 N–H and O–H groups in total. The molecule has 3 aromatic carbocycles. The molecule has 1 aliphatic heterocycles. The van der Waals surface area contributed by atoms with Crippen LogP contribution in [-0.4, -0.2) is 27.6 Å². The van der Waals surface area contributed by atoms with E-state index >= 15 is 0 Å². The van der Waals surface area contributed by atoms with Crippen molar-refractivity contribution in [3.63, 3.8) is 0 Å². The fraction of sp³-hybridized carbons (Fsp3) is 0.194. The Bertz CT molecular complexity index is 1620. The summed E-state index contributed by atoms with van der Waals surface area (Å²) in [5.41, 5.74) is -0.455. The average molecular weight is 526 g/mol. The number of nitrogens with one attached hydrogen (secondary N) is 1. The molecule has 8 heteroatoms. The third kappa shape index (κ3) is 4.14. The smallest absolute Gasteiger partial charge is 0.194 e. The van der Waals surface area contributed by atoms with Crippen LogP contribution in [0.2, 0.25) is 0 Å². The van der Waals surface area contributed by atoms with Crippen LogP contribution in [0, 0.1) is 6.92 Å². The molecule has 0 bridgehead atoms. The monoisotopic (exact) mass is 525 g/mol. The van der Waals surface area contributed by atoms with E-state index in [2.05, 4.69) is 5.32 Å². The Morgan fingerprint density at radius 2 is 1.69 bits per heavy atom. The zero-order valence-electron chi connectivity index (χ0n) is 21.9. The van der Waals surface area contributed by atoms with Crippen LogP contribution in [0.15, 0.2) is 77.7 Å². The number of benzene rings is 3. The number of hydrogen-bond acceptors (Lipinski definition) is 8. The Kier molecular flexibility index (Phi) is 6.26. The molecule has 3 aromatic rings. The van der Waals surface area contributed by atoms with Crippen molar-refractivity contribution >= 4 is 17.3 Å². The number of para-hydroxylation sites is 1. The number of allylic oxidation sites excluding steroid dienone is 4. The Morgan fingerprint density at radius 3 is 2.38 bits per heavy atom. The fourth-order valence-corrected chi connectivity index (χ4v) is 5.03. The number of hydrogen-bond donors (Lipinski definition) is 3. The number of fused-ring (bicyclic) bond motifs is 3. The molecule has 198 valence electrons. The molecule has 0 aromatic heterocycles. The van der Waals surface area contributed by atoms with Crippen LogP contribution in [-0.2, 0) is 21.5 Å². The van der Waals surface area contributed by atoms with Crippen molar-refractivity contribution in [3.05, 3.63) is 100.0 Å². The second-order valence-electron chi connectivity index (χ2n) is 9.80. The molecule has 0 unspecified atom stereocenters.